The Bertz CT molecular complexity index is 562. The van der Waals surface area contributed by atoms with Crippen LogP contribution in [0.3, 0.4) is 0 Å². The van der Waals surface area contributed by atoms with Crippen molar-refractivity contribution < 1.29 is 5.11 Å². The molecular weight excluding hydrogens is 372 g/mol. The number of hydrogen-bond acceptors (Lipinski definition) is 2. The van der Waals surface area contributed by atoms with E-state index in [0.717, 1.165) is 11.3 Å². The van der Waals surface area contributed by atoms with Crippen LogP contribution in [0.1, 0.15) is 130 Å². The van der Waals surface area contributed by atoms with E-state index in [0.29, 0.717) is 5.75 Å². The van der Waals surface area contributed by atoms with Crippen molar-refractivity contribution in [2.45, 2.75) is 135 Å². The van der Waals surface area contributed by atoms with Crippen LogP contribution in [-0.4, -0.2) is 9.85 Å². The highest BCUT2D eigenvalue weighted by atomic mass is 32.2. The molecule has 29 heavy (non-hydrogen) atoms. The van der Waals surface area contributed by atoms with E-state index in [-0.39, 0.29) is 10.2 Å². The molecule has 0 unspecified atom stereocenters. The number of benzene rings is 1. The van der Waals surface area contributed by atoms with Crippen LogP contribution >= 0.6 is 11.8 Å². The summed E-state index contributed by atoms with van der Waals surface area (Å²) in [5, 5.41) is 10.4. The smallest absolute Gasteiger partial charge is 0.119 e. The number of phenols is 1. The highest BCUT2D eigenvalue weighted by molar-refractivity contribution is 7.99. The first-order valence-corrected chi connectivity index (χ1v) is 13.2. The fourth-order valence-electron chi connectivity index (χ4n) is 3.94. The first-order chi connectivity index (χ1) is 13.7. The summed E-state index contributed by atoms with van der Waals surface area (Å²) in [7, 11) is 0. The molecule has 0 amide bonds. The maximum atomic E-state index is 10.4. The third kappa shape index (κ3) is 10.8. The lowest BCUT2D eigenvalue weighted by Crippen LogP contribution is -2.17. The van der Waals surface area contributed by atoms with Gasteiger partial charge < -0.3 is 5.11 Å². The van der Waals surface area contributed by atoms with Crippen molar-refractivity contribution in [2.75, 3.05) is 0 Å². The minimum absolute atomic E-state index is 0.176. The monoisotopic (exact) mass is 420 g/mol. The highest BCUT2D eigenvalue weighted by Gasteiger charge is 2.23. The number of aromatic hydroxyl groups is 1. The molecular formula is C27H48OS. The van der Waals surface area contributed by atoms with Crippen LogP contribution in [0.5, 0.6) is 5.75 Å². The van der Waals surface area contributed by atoms with Crippen molar-refractivity contribution in [1.29, 1.82) is 0 Å². The summed E-state index contributed by atoms with van der Waals surface area (Å²) in [4.78, 5) is 0. The van der Waals surface area contributed by atoms with Crippen molar-refractivity contribution in [3.8, 4) is 5.75 Å². The van der Waals surface area contributed by atoms with E-state index in [9.17, 15) is 5.11 Å². The first-order valence-electron chi connectivity index (χ1n) is 12.2. The standard InChI is InChI=1S/C27H48OS/c1-7-9-11-12-13-14-16-20-27(5,6)29-22-23-21-24(17-18-25(23)28)26(3,4)19-15-10-8-2/h17-18,21,28H,7-16,19-20,22H2,1-6H3. The second-order valence-electron chi connectivity index (χ2n) is 10.1. The predicted octanol–water partition coefficient (Wildman–Crippen LogP) is 9.40. The minimum Gasteiger partial charge on any atom is -0.508 e. The maximum absolute atomic E-state index is 10.4. The molecule has 1 aromatic rings. The summed E-state index contributed by atoms with van der Waals surface area (Å²) in [6.45, 7) is 14.0. The van der Waals surface area contributed by atoms with Crippen LogP contribution < -0.4 is 0 Å². The largest absolute Gasteiger partial charge is 0.508 e. The summed E-state index contributed by atoms with van der Waals surface area (Å²) >= 11 is 2.00. The lowest BCUT2D eigenvalue weighted by Gasteiger charge is -2.27. The van der Waals surface area contributed by atoms with E-state index in [1.165, 1.54) is 82.6 Å². The third-order valence-corrected chi connectivity index (χ3v) is 7.71. The number of hydrogen-bond donors (Lipinski definition) is 1. The van der Waals surface area contributed by atoms with Gasteiger partial charge in [-0.15, -0.1) is 0 Å². The third-order valence-electron chi connectivity index (χ3n) is 6.27. The van der Waals surface area contributed by atoms with Crippen LogP contribution in [0.4, 0.5) is 0 Å². The molecule has 1 rings (SSSR count). The molecule has 0 saturated heterocycles. The van der Waals surface area contributed by atoms with E-state index in [1.54, 1.807) is 0 Å². The van der Waals surface area contributed by atoms with Crippen molar-refractivity contribution in [3.63, 3.8) is 0 Å². The highest BCUT2D eigenvalue weighted by Crippen LogP contribution is 2.37. The summed E-state index contributed by atoms with van der Waals surface area (Å²) in [5.74, 6) is 1.35. The Morgan fingerprint density at radius 2 is 1.31 bits per heavy atom. The zero-order valence-electron chi connectivity index (χ0n) is 20.3. The molecule has 0 radical (unpaired) electrons. The average Bonchev–Trinajstić information content (AvgIpc) is 2.66. The molecule has 0 aliphatic heterocycles. The summed E-state index contributed by atoms with van der Waals surface area (Å²) in [6.07, 6.45) is 15.9. The van der Waals surface area contributed by atoms with Gasteiger partial charge in [-0.3, -0.25) is 0 Å². The lowest BCUT2D eigenvalue weighted by atomic mass is 9.79. The Morgan fingerprint density at radius 3 is 1.97 bits per heavy atom. The van der Waals surface area contributed by atoms with Gasteiger partial charge in [0.2, 0.25) is 0 Å². The van der Waals surface area contributed by atoms with Gasteiger partial charge in [-0.2, -0.15) is 11.8 Å². The molecule has 0 heterocycles. The molecule has 0 aromatic heterocycles. The van der Waals surface area contributed by atoms with Gasteiger partial charge in [0.1, 0.15) is 5.75 Å². The van der Waals surface area contributed by atoms with Crippen molar-refractivity contribution in [2.24, 2.45) is 0 Å². The molecule has 1 aromatic carbocycles. The SMILES string of the molecule is CCCCCCCCCC(C)(C)SCc1cc(C(C)(C)CCCCC)ccc1O. The fourth-order valence-corrected chi connectivity index (χ4v) is 5.00. The second-order valence-corrected chi connectivity index (χ2v) is 11.8. The Hall–Kier alpha value is -0.630. The van der Waals surface area contributed by atoms with E-state index >= 15 is 0 Å². The fraction of sp³-hybridized carbons (Fsp3) is 0.778. The Kier molecular flexibility index (Phi) is 12.4. The van der Waals surface area contributed by atoms with E-state index in [1.807, 2.05) is 17.8 Å². The molecule has 2 heteroatoms. The van der Waals surface area contributed by atoms with Gasteiger partial charge in [0.25, 0.3) is 0 Å². The van der Waals surface area contributed by atoms with Gasteiger partial charge in [-0.05, 0) is 29.9 Å². The Balaban J connectivity index is 2.53. The minimum atomic E-state index is 0.176. The zero-order valence-corrected chi connectivity index (χ0v) is 21.1. The Morgan fingerprint density at radius 1 is 0.759 bits per heavy atom. The molecule has 168 valence electrons. The van der Waals surface area contributed by atoms with Crippen LogP contribution in [-0.2, 0) is 11.2 Å². The van der Waals surface area contributed by atoms with Gasteiger partial charge >= 0.3 is 0 Å². The average molecular weight is 421 g/mol. The van der Waals surface area contributed by atoms with Gasteiger partial charge in [0, 0.05) is 16.1 Å². The molecule has 0 saturated carbocycles. The van der Waals surface area contributed by atoms with Crippen LogP contribution in [0.25, 0.3) is 0 Å². The van der Waals surface area contributed by atoms with Crippen molar-refractivity contribution in [1.82, 2.24) is 0 Å². The lowest BCUT2D eigenvalue weighted by molar-refractivity contribution is 0.445. The summed E-state index contributed by atoms with van der Waals surface area (Å²) in [6, 6.07) is 6.30. The first kappa shape index (κ1) is 26.4. The van der Waals surface area contributed by atoms with Gasteiger partial charge in [0.15, 0.2) is 0 Å². The number of rotatable bonds is 16. The van der Waals surface area contributed by atoms with E-state index < -0.39 is 0 Å². The van der Waals surface area contributed by atoms with Crippen molar-refractivity contribution in [3.05, 3.63) is 29.3 Å². The molecule has 0 aliphatic carbocycles. The molecule has 0 fully saturated rings. The molecule has 1 N–H and O–H groups in total. The van der Waals surface area contributed by atoms with E-state index in [4.69, 9.17) is 0 Å². The number of phenolic OH excluding ortho intramolecular Hbond substituents is 1. The Labute approximate surface area is 186 Å². The molecule has 0 atom stereocenters. The van der Waals surface area contributed by atoms with Crippen LogP contribution in [0.15, 0.2) is 18.2 Å². The van der Waals surface area contributed by atoms with Crippen LogP contribution in [0.2, 0.25) is 0 Å². The number of unbranched alkanes of at least 4 members (excludes halogenated alkanes) is 8. The predicted molar refractivity (Wildman–Crippen MR) is 133 cm³/mol. The normalized spacial score (nSPS) is 12.5. The number of thioether (sulfide) groups is 1. The van der Waals surface area contributed by atoms with Crippen molar-refractivity contribution >= 4 is 11.8 Å². The maximum Gasteiger partial charge on any atom is 0.119 e. The molecule has 1 nitrogen and oxygen atoms in total. The zero-order chi connectivity index (χ0) is 21.8. The molecule has 0 aliphatic rings. The van der Waals surface area contributed by atoms with Gasteiger partial charge in [-0.25, -0.2) is 0 Å². The molecule has 0 spiro atoms. The van der Waals surface area contributed by atoms with E-state index in [2.05, 4.69) is 53.7 Å². The second kappa shape index (κ2) is 13.6. The topological polar surface area (TPSA) is 20.2 Å². The van der Waals surface area contributed by atoms with Gasteiger partial charge in [0.05, 0.1) is 0 Å². The summed E-state index contributed by atoms with van der Waals surface area (Å²) < 4.78 is 0.266. The van der Waals surface area contributed by atoms with Crippen LogP contribution in [0, 0.1) is 0 Å². The molecule has 0 bridgehead atoms. The van der Waals surface area contributed by atoms with Gasteiger partial charge in [-0.1, -0.05) is 118 Å². The quantitative estimate of drug-likeness (QED) is 0.269. The summed E-state index contributed by atoms with van der Waals surface area (Å²) in [5.41, 5.74) is 2.64.